The predicted octanol–water partition coefficient (Wildman–Crippen LogP) is 2.14. The summed E-state index contributed by atoms with van der Waals surface area (Å²) in [4.78, 5) is 1.97. The summed E-state index contributed by atoms with van der Waals surface area (Å²) in [5.41, 5.74) is 4.08. The highest BCUT2D eigenvalue weighted by atomic mass is 32.2. The highest BCUT2D eigenvalue weighted by Gasteiger charge is 2.28. The third kappa shape index (κ3) is 4.53. The Morgan fingerprint density at radius 3 is 2.15 bits per heavy atom. The molecule has 0 aromatic heterocycles. The van der Waals surface area contributed by atoms with Gasteiger partial charge in [-0.15, -0.1) is 0 Å². The van der Waals surface area contributed by atoms with Gasteiger partial charge >= 0.3 is 0 Å². The minimum Gasteiger partial charge on any atom is -0.331 e. The Kier molecular flexibility index (Phi) is 5.80. The smallest absolute Gasteiger partial charge is 0.241 e. The van der Waals surface area contributed by atoms with Crippen molar-refractivity contribution in [2.45, 2.75) is 51.1 Å². The van der Waals surface area contributed by atoms with Crippen LogP contribution in [0.5, 0.6) is 0 Å². The van der Waals surface area contributed by atoms with Crippen molar-refractivity contribution in [2.24, 2.45) is 0 Å². The summed E-state index contributed by atoms with van der Waals surface area (Å²) in [7, 11) is -3.47. The number of quaternary nitrogens is 1. The van der Waals surface area contributed by atoms with E-state index in [-0.39, 0.29) is 6.04 Å². The highest BCUT2D eigenvalue weighted by molar-refractivity contribution is 7.89. The molecule has 5 heteroatoms. The van der Waals surface area contributed by atoms with E-state index in [1.807, 2.05) is 39.0 Å². The summed E-state index contributed by atoms with van der Waals surface area (Å²) in [5, 5.41) is 0. The first-order valence-electron chi connectivity index (χ1n) is 9.33. The minimum absolute atomic E-state index is 0.0274. The fraction of sp³-hybridized carbons (Fsp3) is 0.429. The standard InChI is InChI=1S/C21H28N2O2S/c1-16-13-17(2)21(18(3)14-16)26(24,25)22-20-9-11-23(12-10-20)15-19-7-5-4-6-8-19/h4-8,13-14,20,22H,9-12,15H2,1-3H3/p+1. The highest BCUT2D eigenvalue weighted by Crippen LogP contribution is 2.22. The first kappa shape index (κ1) is 19.1. The van der Waals surface area contributed by atoms with Crippen molar-refractivity contribution in [1.82, 2.24) is 4.72 Å². The number of benzene rings is 2. The van der Waals surface area contributed by atoms with E-state index >= 15 is 0 Å². The zero-order valence-corrected chi connectivity index (χ0v) is 16.7. The molecule has 2 N–H and O–H groups in total. The van der Waals surface area contributed by atoms with Crippen LogP contribution in [0.1, 0.15) is 35.1 Å². The molecule has 0 radical (unpaired) electrons. The van der Waals surface area contributed by atoms with Crippen LogP contribution in [-0.4, -0.2) is 27.5 Å². The molecule has 140 valence electrons. The van der Waals surface area contributed by atoms with Crippen LogP contribution in [0.15, 0.2) is 47.4 Å². The fourth-order valence-electron chi connectivity index (χ4n) is 4.07. The number of sulfonamides is 1. The zero-order chi connectivity index (χ0) is 18.7. The van der Waals surface area contributed by atoms with Crippen molar-refractivity contribution in [2.75, 3.05) is 13.1 Å². The SMILES string of the molecule is Cc1cc(C)c(S(=O)(=O)NC2CC[NH+](Cc3ccccc3)CC2)c(C)c1. The summed E-state index contributed by atoms with van der Waals surface area (Å²) >= 11 is 0. The molecule has 1 heterocycles. The lowest BCUT2D eigenvalue weighted by atomic mass is 10.1. The number of nitrogens with one attached hydrogen (secondary N) is 2. The molecule has 0 spiro atoms. The Balaban J connectivity index is 1.62. The van der Waals surface area contributed by atoms with E-state index in [2.05, 4.69) is 29.0 Å². The maximum Gasteiger partial charge on any atom is 0.241 e. The second-order valence-corrected chi connectivity index (χ2v) is 9.19. The van der Waals surface area contributed by atoms with Crippen LogP contribution in [0.4, 0.5) is 0 Å². The Morgan fingerprint density at radius 2 is 1.58 bits per heavy atom. The number of aryl methyl sites for hydroxylation is 3. The van der Waals surface area contributed by atoms with Crippen molar-refractivity contribution in [3.05, 3.63) is 64.7 Å². The summed E-state index contributed by atoms with van der Waals surface area (Å²) in [5.74, 6) is 0. The monoisotopic (exact) mass is 373 g/mol. The maximum atomic E-state index is 12.9. The van der Waals surface area contributed by atoms with Gasteiger partial charge in [-0.3, -0.25) is 0 Å². The van der Waals surface area contributed by atoms with Crippen LogP contribution in [0.3, 0.4) is 0 Å². The van der Waals surface area contributed by atoms with Crippen molar-refractivity contribution in [3.63, 3.8) is 0 Å². The van der Waals surface area contributed by atoms with Gasteiger partial charge in [0.1, 0.15) is 6.54 Å². The molecule has 1 fully saturated rings. The minimum atomic E-state index is -3.47. The lowest BCUT2D eigenvalue weighted by Gasteiger charge is -2.30. The molecule has 0 aliphatic carbocycles. The van der Waals surface area contributed by atoms with E-state index in [1.54, 1.807) is 0 Å². The van der Waals surface area contributed by atoms with Crippen molar-refractivity contribution < 1.29 is 13.3 Å². The third-order valence-corrected chi connectivity index (χ3v) is 7.01. The van der Waals surface area contributed by atoms with Gasteiger partial charge in [-0.25, -0.2) is 13.1 Å². The summed E-state index contributed by atoms with van der Waals surface area (Å²) in [6.45, 7) is 8.75. The van der Waals surface area contributed by atoms with Gasteiger partial charge < -0.3 is 4.90 Å². The maximum absolute atomic E-state index is 12.9. The average molecular weight is 374 g/mol. The van der Waals surface area contributed by atoms with E-state index in [0.29, 0.717) is 4.90 Å². The first-order chi connectivity index (χ1) is 12.3. The third-order valence-electron chi connectivity index (χ3n) is 5.18. The van der Waals surface area contributed by atoms with Gasteiger partial charge in [0.2, 0.25) is 10.0 Å². The van der Waals surface area contributed by atoms with Crippen LogP contribution in [0.25, 0.3) is 0 Å². The molecule has 0 amide bonds. The molecule has 4 nitrogen and oxygen atoms in total. The van der Waals surface area contributed by atoms with Gasteiger partial charge in [-0.05, 0) is 31.9 Å². The Bertz CT molecular complexity index is 832. The van der Waals surface area contributed by atoms with Crippen LogP contribution in [0, 0.1) is 20.8 Å². The van der Waals surface area contributed by atoms with Gasteiger partial charge in [0.05, 0.1) is 18.0 Å². The lowest BCUT2D eigenvalue weighted by molar-refractivity contribution is -0.918. The van der Waals surface area contributed by atoms with Gasteiger partial charge in [0, 0.05) is 24.4 Å². The molecule has 26 heavy (non-hydrogen) atoms. The molecular weight excluding hydrogens is 344 g/mol. The lowest BCUT2D eigenvalue weighted by Crippen LogP contribution is -3.12. The van der Waals surface area contributed by atoms with Crippen molar-refractivity contribution in [1.29, 1.82) is 0 Å². The Morgan fingerprint density at radius 1 is 1.00 bits per heavy atom. The first-order valence-corrected chi connectivity index (χ1v) is 10.8. The van der Waals surface area contributed by atoms with Gasteiger partial charge in [-0.2, -0.15) is 0 Å². The Labute approximate surface area is 157 Å². The fourth-order valence-corrected chi connectivity index (χ4v) is 5.83. The molecule has 3 rings (SSSR count). The molecule has 0 unspecified atom stereocenters. The van der Waals surface area contributed by atoms with Gasteiger partial charge in [0.25, 0.3) is 0 Å². The van der Waals surface area contributed by atoms with Gasteiger partial charge in [-0.1, -0.05) is 48.0 Å². The number of likely N-dealkylation sites (tertiary alicyclic amines) is 1. The van der Waals surface area contributed by atoms with E-state index < -0.39 is 10.0 Å². The molecule has 2 aromatic rings. The number of hydrogen-bond donors (Lipinski definition) is 2. The second kappa shape index (κ2) is 7.91. The summed E-state index contributed by atoms with van der Waals surface area (Å²) in [6, 6.07) is 14.4. The van der Waals surface area contributed by atoms with Crippen molar-refractivity contribution in [3.8, 4) is 0 Å². The van der Waals surface area contributed by atoms with Crippen molar-refractivity contribution >= 4 is 10.0 Å². The topological polar surface area (TPSA) is 50.6 Å². The summed E-state index contributed by atoms with van der Waals surface area (Å²) < 4.78 is 28.8. The number of hydrogen-bond acceptors (Lipinski definition) is 2. The normalized spacial score (nSPS) is 20.9. The molecule has 2 aromatic carbocycles. The summed E-state index contributed by atoms with van der Waals surface area (Å²) in [6.07, 6.45) is 1.76. The second-order valence-electron chi connectivity index (χ2n) is 7.54. The Hall–Kier alpha value is -1.69. The molecule has 0 bridgehead atoms. The molecule has 1 saturated heterocycles. The van der Waals surface area contributed by atoms with E-state index in [1.165, 1.54) is 10.5 Å². The molecule has 0 saturated carbocycles. The van der Waals surface area contributed by atoms with Gasteiger partial charge in [0.15, 0.2) is 0 Å². The van der Waals surface area contributed by atoms with E-state index in [0.717, 1.165) is 49.2 Å². The van der Waals surface area contributed by atoms with E-state index in [9.17, 15) is 8.42 Å². The van der Waals surface area contributed by atoms with Crippen LogP contribution in [0.2, 0.25) is 0 Å². The molecule has 1 aliphatic heterocycles. The van der Waals surface area contributed by atoms with E-state index in [4.69, 9.17) is 0 Å². The average Bonchev–Trinajstić information content (AvgIpc) is 2.56. The quantitative estimate of drug-likeness (QED) is 0.844. The molecular formula is C21H29N2O2S+. The largest absolute Gasteiger partial charge is 0.331 e. The molecule has 1 aliphatic rings. The zero-order valence-electron chi connectivity index (χ0n) is 15.9. The van der Waals surface area contributed by atoms with Crippen LogP contribution >= 0.6 is 0 Å². The molecule has 0 atom stereocenters. The number of piperidine rings is 1. The number of rotatable bonds is 5. The van der Waals surface area contributed by atoms with Crippen LogP contribution in [-0.2, 0) is 16.6 Å². The predicted molar refractivity (Wildman–Crippen MR) is 105 cm³/mol. The van der Waals surface area contributed by atoms with Crippen LogP contribution < -0.4 is 9.62 Å².